The lowest BCUT2D eigenvalue weighted by molar-refractivity contribution is 0.390. The molecule has 3 heteroatoms. The molecule has 1 aromatic carbocycles. The number of para-hydroxylation sites is 1. The van der Waals surface area contributed by atoms with E-state index in [4.69, 9.17) is 0 Å². The molecule has 0 spiro atoms. The van der Waals surface area contributed by atoms with Crippen LogP contribution in [0.1, 0.15) is 12.8 Å². The molecule has 1 saturated heterocycles. The SMILES string of the molecule is Cn1cc(NCC2CCNCC2)c2ccccc21. The molecule has 96 valence electrons. The second-order valence-electron chi connectivity index (χ2n) is 5.25. The zero-order valence-corrected chi connectivity index (χ0v) is 10.9. The number of hydrogen-bond acceptors (Lipinski definition) is 2. The van der Waals surface area contributed by atoms with Gasteiger partial charge < -0.3 is 15.2 Å². The summed E-state index contributed by atoms with van der Waals surface area (Å²) in [4.78, 5) is 0. The Morgan fingerprint density at radius 3 is 2.89 bits per heavy atom. The van der Waals surface area contributed by atoms with Gasteiger partial charge in [0.05, 0.1) is 5.69 Å². The summed E-state index contributed by atoms with van der Waals surface area (Å²) in [5, 5.41) is 8.37. The number of piperidine rings is 1. The van der Waals surface area contributed by atoms with Crippen LogP contribution in [0.15, 0.2) is 30.5 Å². The fraction of sp³-hybridized carbons (Fsp3) is 0.467. The van der Waals surface area contributed by atoms with Crippen LogP contribution in [0.2, 0.25) is 0 Å². The smallest absolute Gasteiger partial charge is 0.0600 e. The summed E-state index contributed by atoms with van der Waals surface area (Å²) >= 11 is 0. The number of aromatic nitrogens is 1. The quantitative estimate of drug-likeness (QED) is 0.867. The minimum Gasteiger partial charge on any atom is -0.383 e. The number of aryl methyl sites for hydroxylation is 1. The van der Waals surface area contributed by atoms with Crippen molar-refractivity contribution in [1.82, 2.24) is 9.88 Å². The zero-order valence-electron chi connectivity index (χ0n) is 10.9. The van der Waals surface area contributed by atoms with Gasteiger partial charge in [-0.05, 0) is 37.9 Å². The van der Waals surface area contributed by atoms with E-state index in [0.717, 1.165) is 12.5 Å². The van der Waals surface area contributed by atoms with E-state index in [-0.39, 0.29) is 0 Å². The van der Waals surface area contributed by atoms with E-state index in [9.17, 15) is 0 Å². The van der Waals surface area contributed by atoms with Crippen molar-refractivity contribution >= 4 is 16.6 Å². The lowest BCUT2D eigenvalue weighted by Gasteiger charge is -2.23. The summed E-state index contributed by atoms with van der Waals surface area (Å²) in [5.74, 6) is 0.810. The van der Waals surface area contributed by atoms with Gasteiger partial charge in [-0.25, -0.2) is 0 Å². The van der Waals surface area contributed by atoms with Gasteiger partial charge in [0.2, 0.25) is 0 Å². The Balaban J connectivity index is 1.74. The van der Waals surface area contributed by atoms with Gasteiger partial charge in [-0.3, -0.25) is 0 Å². The predicted octanol–water partition coefficient (Wildman–Crippen LogP) is 2.59. The maximum absolute atomic E-state index is 3.63. The molecule has 1 aromatic heterocycles. The molecule has 1 aliphatic heterocycles. The van der Waals surface area contributed by atoms with Crippen LogP contribution in [0.25, 0.3) is 10.9 Å². The Kier molecular flexibility index (Phi) is 3.24. The Morgan fingerprint density at radius 1 is 1.28 bits per heavy atom. The Morgan fingerprint density at radius 2 is 2.06 bits per heavy atom. The van der Waals surface area contributed by atoms with Crippen LogP contribution in [0.4, 0.5) is 5.69 Å². The van der Waals surface area contributed by atoms with Gasteiger partial charge in [-0.15, -0.1) is 0 Å². The normalized spacial score (nSPS) is 17.2. The number of hydrogen-bond donors (Lipinski definition) is 2. The Hall–Kier alpha value is -1.48. The summed E-state index contributed by atoms with van der Waals surface area (Å²) in [5.41, 5.74) is 2.57. The standard InChI is InChI=1S/C15H21N3/c1-18-11-14(13-4-2-3-5-15(13)18)17-10-12-6-8-16-9-7-12/h2-5,11-12,16-17H,6-10H2,1H3. The summed E-state index contributed by atoms with van der Waals surface area (Å²) in [6.45, 7) is 3.43. The van der Waals surface area contributed by atoms with Gasteiger partial charge in [-0.2, -0.15) is 0 Å². The van der Waals surface area contributed by atoms with Crippen molar-refractivity contribution in [3.05, 3.63) is 30.5 Å². The molecule has 0 bridgehead atoms. The minimum atomic E-state index is 0.810. The molecule has 2 N–H and O–H groups in total. The second kappa shape index (κ2) is 5.02. The molecule has 2 heterocycles. The van der Waals surface area contributed by atoms with Crippen LogP contribution in [-0.2, 0) is 7.05 Å². The lowest BCUT2D eigenvalue weighted by atomic mass is 9.98. The molecule has 2 aromatic rings. The highest BCUT2D eigenvalue weighted by molar-refractivity contribution is 5.92. The van der Waals surface area contributed by atoms with Gasteiger partial charge in [0.1, 0.15) is 0 Å². The molecule has 18 heavy (non-hydrogen) atoms. The van der Waals surface area contributed by atoms with Crippen molar-refractivity contribution in [1.29, 1.82) is 0 Å². The Labute approximate surface area is 108 Å². The van der Waals surface area contributed by atoms with Crippen LogP contribution in [-0.4, -0.2) is 24.2 Å². The van der Waals surface area contributed by atoms with Crippen LogP contribution in [0, 0.1) is 5.92 Å². The average molecular weight is 243 g/mol. The van der Waals surface area contributed by atoms with E-state index in [2.05, 4.69) is 52.7 Å². The van der Waals surface area contributed by atoms with E-state index >= 15 is 0 Å². The first-order valence-electron chi connectivity index (χ1n) is 6.83. The molecular formula is C15H21N3. The average Bonchev–Trinajstić information content (AvgIpc) is 2.75. The van der Waals surface area contributed by atoms with Gasteiger partial charge in [0, 0.05) is 30.7 Å². The van der Waals surface area contributed by atoms with Crippen molar-refractivity contribution in [2.24, 2.45) is 13.0 Å². The molecule has 3 nitrogen and oxygen atoms in total. The van der Waals surface area contributed by atoms with Crippen molar-refractivity contribution in [3.8, 4) is 0 Å². The largest absolute Gasteiger partial charge is 0.383 e. The van der Waals surface area contributed by atoms with Crippen molar-refractivity contribution < 1.29 is 0 Å². The maximum Gasteiger partial charge on any atom is 0.0600 e. The van der Waals surface area contributed by atoms with Gasteiger partial charge in [0.15, 0.2) is 0 Å². The number of rotatable bonds is 3. The van der Waals surface area contributed by atoms with Crippen molar-refractivity contribution in [3.63, 3.8) is 0 Å². The Bertz CT molecular complexity index is 524. The van der Waals surface area contributed by atoms with Crippen LogP contribution < -0.4 is 10.6 Å². The van der Waals surface area contributed by atoms with Gasteiger partial charge in [-0.1, -0.05) is 18.2 Å². The first-order chi connectivity index (χ1) is 8.84. The number of nitrogens with one attached hydrogen (secondary N) is 2. The number of nitrogens with zero attached hydrogens (tertiary/aromatic N) is 1. The lowest BCUT2D eigenvalue weighted by Crippen LogP contribution is -2.31. The molecule has 0 saturated carbocycles. The topological polar surface area (TPSA) is 29.0 Å². The van der Waals surface area contributed by atoms with Crippen LogP contribution in [0.5, 0.6) is 0 Å². The minimum absolute atomic E-state index is 0.810. The first kappa shape index (κ1) is 11.6. The zero-order chi connectivity index (χ0) is 12.4. The third-order valence-corrected chi connectivity index (χ3v) is 3.94. The third-order valence-electron chi connectivity index (χ3n) is 3.94. The van der Waals surface area contributed by atoms with Gasteiger partial charge >= 0.3 is 0 Å². The molecule has 0 amide bonds. The van der Waals surface area contributed by atoms with E-state index in [1.807, 2.05) is 0 Å². The second-order valence-corrected chi connectivity index (χ2v) is 5.25. The molecule has 0 radical (unpaired) electrons. The van der Waals surface area contributed by atoms with Crippen molar-refractivity contribution in [2.75, 3.05) is 25.0 Å². The molecule has 1 aliphatic rings. The molecule has 3 rings (SSSR count). The van der Waals surface area contributed by atoms with E-state index < -0.39 is 0 Å². The molecule has 0 aliphatic carbocycles. The van der Waals surface area contributed by atoms with Gasteiger partial charge in [0.25, 0.3) is 0 Å². The fourth-order valence-electron chi connectivity index (χ4n) is 2.82. The highest BCUT2D eigenvalue weighted by Crippen LogP contribution is 2.25. The third kappa shape index (κ3) is 2.23. The van der Waals surface area contributed by atoms with E-state index in [1.165, 1.54) is 42.5 Å². The maximum atomic E-state index is 3.63. The fourth-order valence-corrected chi connectivity index (χ4v) is 2.82. The molecule has 0 unspecified atom stereocenters. The van der Waals surface area contributed by atoms with E-state index in [1.54, 1.807) is 0 Å². The summed E-state index contributed by atoms with van der Waals surface area (Å²) in [6, 6.07) is 8.57. The van der Waals surface area contributed by atoms with Crippen molar-refractivity contribution in [2.45, 2.75) is 12.8 Å². The monoisotopic (exact) mass is 243 g/mol. The summed E-state index contributed by atoms with van der Waals surface area (Å²) in [7, 11) is 2.11. The first-order valence-corrected chi connectivity index (χ1v) is 6.83. The van der Waals surface area contributed by atoms with Crippen LogP contribution >= 0.6 is 0 Å². The highest BCUT2D eigenvalue weighted by Gasteiger charge is 2.13. The number of benzene rings is 1. The number of fused-ring (bicyclic) bond motifs is 1. The molecule has 1 fully saturated rings. The molecule has 0 atom stereocenters. The predicted molar refractivity (Wildman–Crippen MR) is 77.0 cm³/mol. The molecular weight excluding hydrogens is 222 g/mol. The number of anilines is 1. The van der Waals surface area contributed by atoms with Crippen LogP contribution in [0.3, 0.4) is 0 Å². The summed E-state index contributed by atoms with van der Waals surface area (Å²) in [6.07, 6.45) is 4.78. The summed E-state index contributed by atoms with van der Waals surface area (Å²) < 4.78 is 2.19. The van der Waals surface area contributed by atoms with E-state index in [0.29, 0.717) is 0 Å². The highest BCUT2D eigenvalue weighted by atomic mass is 15.0.